The summed E-state index contributed by atoms with van der Waals surface area (Å²) in [4.78, 5) is 4.64. The summed E-state index contributed by atoms with van der Waals surface area (Å²) < 4.78 is 53.1. The highest BCUT2D eigenvalue weighted by Crippen LogP contribution is 2.48. The number of rotatable bonds is 8. The molecular formula is C29H28FN3O4S. The average Bonchev–Trinajstić information content (AvgIpc) is 3.48. The zero-order chi connectivity index (χ0) is 26.4. The maximum Gasteiger partial charge on any atom is 0.232 e. The topological polar surface area (TPSA) is 84.1 Å². The minimum atomic E-state index is -3.62. The number of hydrogen-bond donors (Lipinski definition) is 1. The van der Waals surface area contributed by atoms with E-state index < -0.39 is 10.0 Å². The van der Waals surface area contributed by atoms with Crippen molar-refractivity contribution in [3.8, 4) is 17.1 Å². The highest BCUT2D eigenvalue weighted by molar-refractivity contribution is 7.92. The number of aliphatic imine (C=N–C) groups is 1. The Hall–Kier alpha value is -3.85. The summed E-state index contributed by atoms with van der Waals surface area (Å²) in [5.41, 5.74) is 4.53. The molecule has 0 unspecified atom stereocenters. The third-order valence-electron chi connectivity index (χ3n) is 7.03. The van der Waals surface area contributed by atoms with Crippen LogP contribution in [0.5, 0.6) is 5.75 Å². The van der Waals surface area contributed by atoms with Crippen LogP contribution in [-0.4, -0.2) is 40.7 Å². The third kappa shape index (κ3) is 4.62. The van der Waals surface area contributed by atoms with Crippen molar-refractivity contribution in [2.45, 2.75) is 25.3 Å². The Morgan fingerprint density at radius 3 is 2.45 bits per heavy atom. The largest absolute Gasteiger partial charge is 0.497 e. The highest BCUT2D eigenvalue weighted by atomic mass is 32.2. The Morgan fingerprint density at radius 1 is 1.11 bits per heavy atom. The van der Waals surface area contributed by atoms with Crippen LogP contribution < -0.4 is 14.4 Å². The Bertz CT molecular complexity index is 1640. The van der Waals surface area contributed by atoms with E-state index in [0.717, 1.165) is 52.9 Å². The summed E-state index contributed by atoms with van der Waals surface area (Å²) in [5.74, 6) is 1.96. The predicted octanol–water partition coefficient (Wildman–Crippen LogP) is 5.44. The van der Waals surface area contributed by atoms with Crippen molar-refractivity contribution in [2.24, 2.45) is 4.99 Å². The van der Waals surface area contributed by atoms with Crippen LogP contribution in [0.1, 0.15) is 35.4 Å². The van der Waals surface area contributed by atoms with E-state index in [2.05, 4.69) is 16.4 Å². The lowest BCUT2D eigenvalue weighted by Gasteiger charge is -2.25. The lowest BCUT2D eigenvalue weighted by molar-refractivity contribution is 0.414. The number of amidine groups is 1. The van der Waals surface area contributed by atoms with E-state index in [9.17, 15) is 12.8 Å². The van der Waals surface area contributed by atoms with Gasteiger partial charge in [0.2, 0.25) is 10.0 Å². The van der Waals surface area contributed by atoms with Gasteiger partial charge in [0.1, 0.15) is 28.7 Å². The smallest absolute Gasteiger partial charge is 0.232 e. The molecule has 0 radical (unpaired) electrons. The van der Waals surface area contributed by atoms with Crippen LogP contribution in [0.2, 0.25) is 0 Å². The van der Waals surface area contributed by atoms with Gasteiger partial charge in [-0.2, -0.15) is 0 Å². The molecule has 7 nitrogen and oxygen atoms in total. The second kappa shape index (κ2) is 9.47. The molecule has 2 aliphatic rings. The molecule has 3 aromatic carbocycles. The van der Waals surface area contributed by atoms with Crippen LogP contribution in [-0.2, 0) is 16.6 Å². The maximum absolute atomic E-state index is 13.7. The molecule has 1 fully saturated rings. The Balaban J connectivity index is 1.53. The first-order valence-corrected chi connectivity index (χ1v) is 14.4. The standard InChI is InChI=1S/C29H28FN3O4S/c1-36-22-11-3-18(4-12-22)17-33(38(2,34)35)25-16-26-24(15-23(25)19-5-6-19)27(29-31-13-14-32-29)28(37-26)20-7-9-21(30)10-8-20/h3-4,7-12,15-16,19H,5-6,13-14,17H2,1-2H3,(H,31,32). The molecule has 9 heteroatoms. The lowest BCUT2D eigenvalue weighted by atomic mass is 10.00. The number of fused-ring (bicyclic) bond motifs is 1. The summed E-state index contributed by atoms with van der Waals surface area (Å²) >= 11 is 0. The van der Waals surface area contributed by atoms with E-state index >= 15 is 0 Å². The monoisotopic (exact) mass is 533 g/mol. The molecule has 0 atom stereocenters. The van der Waals surface area contributed by atoms with E-state index in [1.807, 2.05) is 30.3 Å². The summed E-state index contributed by atoms with van der Waals surface area (Å²) in [6.45, 7) is 1.56. The van der Waals surface area contributed by atoms with Crippen LogP contribution in [0.3, 0.4) is 0 Å². The summed E-state index contributed by atoms with van der Waals surface area (Å²) in [7, 11) is -2.03. The van der Waals surface area contributed by atoms with Gasteiger partial charge >= 0.3 is 0 Å². The van der Waals surface area contributed by atoms with Crippen molar-refractivity contribution in [3.05, 3.63) is 83.2 Å². The molecule has 0 bridgehead atoms. The molecule has 1 aliphatic carbocycles. The Morgan fingerprint density at radius 2 is 1.84 bits per heavy atom. The molecule has 196 valence electrons. The third-order valence-corrected chi connectivity index (χ3v) is 8.15. The molecule has 1 N–H and O–H groups in total. The number of benzene rings is 3. The summed E-state index contributed by atoms with van der Waals surface area (Å²) in [6.07, 6.45) is 3.22. The minimum absolute atomic E-state index is 0.181. The second-order valence-electron chi connectivity index (χ2n) is 9.77. The Labute approximate surface area is 221 Å². The van der Waals surface area contributed by atoms with Crippen LogP contribution in [0.15, 0.2) is 70.1 Å². The highest BCUT2D eigenvalue weighted by Gasteiger charge is 2.33. The molecular weight excluding hydrogens is 505 g/mol. The molecule has 0 spiro atoms. The number of nitrogens with one attached hydrogen (secondary N) is 1. The van der Waals surface area contributed by atoms with Crippen molar-refractivity contribution < 1.29 is 22.0 Å². The molecule has 6 rings (SSSR count). The number of methoxy groups -OCH3 is 1. The van der Waals surface area contributed by atoms with E-state index in [0.29, 0.717) is 29.3 Å². The van der Waals surface area contributed by atoms with E-state index in [1.165, 1.54) is 22.7 Å². The van der Waals surface area contributed by atoms with Crippen molar-refractivity contribution >= 4 is 32.5 Å². The maximum atomic E-state index is 13.7. The minimum Gasteiger partial charge on any atom is -0.497 e. The van der Waals surface area contributed by atoms with Gasteiger partial charge in [0.05, 0.1) is 37.7 Å². The molecule has 2 heterocycles. The van der Waals surface area contributed by atoms with Crippen molar-refractivity contribution in [1.29, 1.82) is 0 Å². The normalized spacial score (nSPS) is 15.4. The van der Waals surface area contributed by atoms with Gasteiger partial charge in [-0.15, -0.1) is 0 Å². The fraction of sp³-hybridized carbons (Fsp3) is 0.276. The van der Waals surface area contributed by atoms with Gasteiger partial charge in [-0.25, -0.2) is 12.8 Å². The van der Waals surface area contributed by atoms with Crippen LogP contribution in [0, 0.1) is 5.82 Å². The van der Waals surface area contributed by atoms with Gasteiger partial charge in [-0.1, -0.05) is 12.1 Å². The quantitative estimate of drug-likeness (QED) is 0.326. The van der Waals surface area contributed by atoms with Crippen molar-refractivity contribution in [3.63, 3.8) is 0 Å². The predicted molar refractivity (Wildman–Crippen MR) is 147 cm³/mol. The number of ether oxygens (including phenoxy) is 1. The fourth-order valence-electron chi connectivity index (χ4n) is 4.97. The van der Waals surface area contributed by atoms with Gasteiger partial charge in [-0.05, 0) is 72.4 Å². The van der Waals surface area contributed by atoms with E-state index in [1.54, 1.807) is 19.2 Å². The molecule has 38 heavy (non-hydrogen) atoms. The molecule has 1 saturated carbocycles. The Kier molecular flexibility index (Phi) is 6.10. The number of anilines is 1. The SMILES string of the molecule is COc1ccc(CN(c2cc3oc(-c4ccc(F)cc4)c(C4=NCCN4)c3cc2C2CC2)S(C)(=O)=O)cc1. The zero-order valence-electron chi connectivity index (χ0n) is 21.2. The van der Waals surface area contributed by atoms with Gasteiger partial charge < -0.3 is 14.5 Å². The molecule has 4 aromatic rings. The number of halogens is 1. The second-order valence-corrected chi connectivity index (χ2v) is 11.7. The molecule has 1 aromatic heterocycles. The summed E-state index contributed by atoms with van der Waals surface area (Å²) in [5, 5.41) is 4.20. The first kappa shape index (κ1) is 24.5. The molecule has 1 aliphatic heterocycles. The van der Waals surface area contributed by atoms with Crippen LogP contribution >= 0.6 is 0 Å². The molecule has 0 saturated heterocycles. The van der Waals surface area contributed by atoms with E-state index in [4.69, 9.17) is 9.15 Å². The van der Waals surface area contributed by atoms with E-state index in [-0.39, 0.29) is 18.3 Å². The van der Waals surface area contributed by atoms with Gasteiger partial charge in [0, 0.05) is 23.6 Å². The van der Waals surface area contributed by atoms with Gasteiger partial charge in [0.25, 0.3) is 0 Å². The first-order valence-electron chi connectivity index (χ1n) is 12.6. The lowest BCUT2D eigenvalue weighted by Crippen LogP contribution is -2.30. The van der Waals surface area contributed by atoms with Gasteiger partial charge in [-0.3, -0.25) is 9.30 Å². The fourth-order valence-corrected chi connectivity index (χ4v) is 5.87. The first-order chi connectivity index (χ1) is 18.3. The zero-order valence-corrected chi connectivity index (χ0v) is 22.0. The van der Waals surface area contributed by atoms with Crippen molar-refractivity contribution in [1.82, 2.24) is 5.32 Å². The average molecular weight is 534 g/mol. The van der Waals surface area contributed by atoms with Crippen LogP contribution in [0.4, 0.5) is 10.1 Å². The number of nitrogens with zero attached hydrogens (tertiary/aromatic N) is 2. The van der Waals surface area contributed by atoms with Crippen molar-refractivity contribution in [2.75, 3.05) is 30.8 Å². The number of furan rings is 1. The van der Waals surface area contributed by atoms with Crippen LogP contribution in [0.25, 0.3) is 22.3 Å². The summed E-state index contributed by atoms with van der Waals surface area (Å²) in [6, 6.07) is 17.4. The number of sulfonamides is 1. The molecule has 0 amide bonds. The van der Waals surface area contributed by atoms with Gasteiger partial charge in [0.15, 0.2) is 0 Å². The number of hydrogen-bond acceptors (Lipinski definition) is 6.